The number of hydrogen-bond acceptors (Lipinski definition) is 3. The molecule has 19 heavy (non-hydrogen) atoms. The minimum atomic E-state index is 0.442. The smallest absolute Gasteiger partial charge is 0.123 e. The minimum Gasteiger partial charge on any atom is -0.496 e. The van der Waals surface area contributed by atoms with Crippen LogP contribution < -0.4 is 10.1 Å². The lowest BCUT2D eigenvalue weighted by molar-refractivity contribution is 0.134. The van der Waals surface area contributed by atoms with Crippen molar-refractivity contribution >= 4 is 0 Å². The van der Waals surface area contributed by atoms with Crippen molar-refractivity contribution in [2.75, 3.05) is 33.3 Å². The van der Waals surface area contributed by atoms with Gasteiger partial charge in [0.15, 0.2) is 0 Å². The first-order valence-corrected chi connectivity index (χ1v) is 7.22. The number of nitrogens with zero attached hydrogens (tertiary/aromatic N) is 1. The highest BCUT2D eigenvalue weighted by atomic mass is 16.5. The predicted molar refractivity (Wildman–Crippen MR) is 79.8 cm³/mol. The molecule has 1 aliphatic rings. The third-order valence-corrected chi connectivity index (χ3v) is 3.88. The number of piperazine rings is 1. The Hall–Kier alpha value is -1.06. The van der Waals surface area contributed by atoms with Crippen molar-refractivity contribution in [3.8, 4) is 5.75 Å². The van der Waals surface area contributed by atoms with Gasteiger partial charge < -0.3 is 10.1 Å². The highest BCUT2D eigenvalue weighted by molar-refractivity contribution is 5.39. The van der Waals surface area contributed by atoms with Crippen molar-refractivity contribution in [2.45, 2.75) is 26.8 Å². The molecule has 0 bridgehead atoms. The Bertz CT molecular complexity index is 411. The topological polar surface area (TPSA) is 24.5 Å². The summed E-state index contributed by atoms with van der Waals surface area (Å²) in [6.45, 7) is 11.1. The van der Waals surface area contributed by atoms with Gasteiger partial charge in [-0.25, -0.2) is 0 Å². The van der Waals surface area contributed by atoms with Gasteiger partial charge in [-0.1, -0.05) is 31.5 Å². The Morgan fingerprint density at radius 2 is 1.89 bits per heavy atom. The molecule has 0 radical (unpaired) electrons. The number of rotatable bonds is 4. The highest BCUT2D eigenvalue weighted by Crippen LogP contribution is 2.35. The molecule has 1 aromatic carbocycles. The van der Waals surface area contributed by atoms with E-state index in [0.29, 0.717) is 12.0 Å². The first-order chi connectivity index (χ1) is 9.13. The van der Waals surface area contributed by atoms with Crippen LogP contribution in [0.2, 0.25) is 0 Å². The number of benzene rings is 1. The Balaban J connectivity index is 2.34. The summed E-state index contributed by atoms with van der Waals surface area (Å²) in [4.78, 5) is 2.58. The molecule has 3 nitrogen and oxygen atoms in total. The van der Waals surface area contributed by atoms with E-state index in [0.717, 1.165) is 31.9 Å². The first kappa shape index (κ1) is 14.4. The molecule has 1 heterocycles. The fraction of sp³-hybridized carbons (Fsp3) is 0.625. The maximum absolute atomic E-state index is 5.58. The number of aryl methyl sites for hydroxylation is 1. The minimum absolute atomic E-state index is 0.442. The Kier molecular flexibility index (Phi) is 4.83. The van der Waals surface area contributed by atoms with Crippen molar-refractivity contribution in [3.63, 3.8) is 0 Å². The summed E-state index contributed by atoms with van der Waals surface area (Å²) >= 11 is 0. The third-order valence-electron chi connectivity index (χ3n) is 3.88. The zero-order chi connectivity index (χ0) is 13.8. The van der Waals surface area contributed by atoms with Crippen LogP contribution in [0.3, 0.4) is 0 Å². The molecule has 1 fully saturated rings. The van der Waals surface area contributed by atoms with Crippen LogP contribution in [0.5, 0.6) is 5.75 Å². The van der Waals surface area contributed by atoms with Crippen LogP contribution in [0.1, 0.15) is 31.0 Å². The van der Waals surface area contributed by atoms with Gasteiger partial charge in [-0.05, 0) is 18.9 Å². The van der Waals surface area contributed by atoms with Gasteiger partial charge in [0.25, 0.3) is 0 Å². The molecule has 0 amide bonds. The summed E-state index contributed by atoms with van der Waals surface area (Å²) < 4.78 is 5.58. The molecule has 1 aromatic rings. The van der Waals surface area contributed by atoms with E-state index in [1.54, 1.807) is 7.11 Å². The van der Waals surface area contributed by atoms with E-state index in [2.05, 4.69) is 49.2 Å². The fourth-order valence-corrected chi connectivity index (χ4v) is 3.02. The Morgan fingerprint density at radius 3 is 2.47 bits per heavy atom. The molecule has 1 atom stereocenters. The van der Waals surface area contributed by atoms with E-state index in [4.69, 9.17) is 4.74 Å². The lowest BCUT2D eigenvalue weighted by Gasteiger charge is -2.38. The predicted octanol–water partition coefficient (Wildman–Crippen LogP) is 2.61. The number of nitrogens with one attached hydrogen (secondary N) is 1. The van der Waals surface area contributed by atoms with Gasteiger partial charge in [0, 0.05) is 37.8 Å². The zero-order valence-corrected chi connectivity index (χ0v) is 12.6. The van der Waals surface area contributed by atoms with Crippen LogP contribution in [0, 0.1) is 12.8 Å². The molecule has 1 N–H and O–H groups in total. The molecule has 3 heteroatoms. The lowest BCUT2D eigenvalue weighted by Crippen LogP contribution is -2.46. The molecule has 0 saturated carbocycles. The monoisotopic (exact) mass is 262 g/mol. The lowest BCUT2D eigenvalue weighted by atomic mass is 9.92. The molecule has 2 rings (SSSR count). The Morgan fingerprint density at radius 1 is 1.21 bits per heavy atom. The van der Waals surface area contributed by atoms with E-state index in [1.165, 1.54) is 11.1 Å². The molecule has 0 aromatic heterocycles. The van der Waals surface area contributed by atoms with Crippen LogP contribution in [-0.4, -0.2) is 38.2 Å². The van der Waals surface area contributed by atoms with Gasteiger partial charge in [0.1, 0.15) is 5.75 Å². The van der Waals surface area contributed by atoms with E-state index in [-0.39, 0.29) is 0 Å². The van der Waals surface area contributed by atoms with Crippen molar-refractivity contribution in [3.05, 3.63) is 29.3 Å². The van der Waals surface area contributed by atoms with E-state index in [9.17, 15) is 0 Å². The second-order valence-corrected chi connectivity index (χ2v) is 5.72. The second kappa shape index (κ2) is 6.40. The van der Waals surface area contributed by atoms with Gasteiger partial charge in [-0.15, -0.1) is 0 Å². The van der Waals surface area contributed by atoms with Crippen molar-refractivity contribution in [2.24, 2.45) is 5.92 Å². The maximum Gasteiger partial charge on any atom is 0.123 e. The number of ether oxygens (including phenoxy) is 1. The van der Waals surface area contributed by atoms with E-state index >= 15 is 0 Å². The zero-order valence-electron chi connectivity index (χ0n) is 12.6. The molecular weight excluding hydrogens is 236 g/mol. The van der Waals surface area contributed by atoms with Crippen LogP contribution in [-0.2, 0) is 0 Å². The second-order valence-electron chi connectivity index (χ2n) is 5.72. The maximum atomic E-state index is 5.58. The summed E-state index contributed by atoms with van der Waals surface area (Å²) in [5, 5.41) is 3.43. The van der Waals surface area contributed by atoms with E-state index < -0.39 is 0 Å². The molecule has 0 spiro atoms. The molecule has 1 aliphatic heterocycles. The van der Waals surface area contributed by atoms with Crippen LogP contribution in [0.4, 0.5) is 0 Å². The van der Waals surface area contributed by atoms with Crippen molar-refractivity contribution in [1.29, 1.82) is 0 Å². The van der Waals surface area contributed by atoms with Crippen molar-refractivity contribution in [1.82, 2.24) is 10.2 Å². The SMILES string of the molecule is COc1ccc(C)cc1C(C(C)C)N1CCNCC1. The average Bonchev–Trinajstić information content (AvgIpc) is 2.40. The molecular formula is C16H26N2O. The highest BCUT2D eigenvalue weighted by Gasteiger charge is 2.27. The summed E-state index contributed by atoms with van der Waals surface area (Å²) in [5.74, 6) is 1.59. The largest absolute Gasteiger partial charge is 0.496 e. The summed E-state index contributed by atoms with van der Waals surface area (Å²) in [5.41, 5.74) is 2.64. The molecule has 106 valence electrons. The van der Waals surface area contributed by atoms with Crippen molar-refractivity contribution < 1.29 is 4.74 Å². The van der Waals surface area contributed by atoms with Gasteiger partial charge in [-0.3, -0.25) is 4.90 Å². The van der Waals surface area contributed by atoms with Gasteiger partial charge in [0.05, 0.1) is 7.11 Å². The fourth-order valence-electron chi connectivity index (χ4n) is 3.02. The molecule has 1 saturated heterocycles. The number of methoxy groups -OCH3 is 1. The van der Waals surface area contributed by atoms with Gasteiger partial charge >= 0.3 is 0 Å². The first-order valence-electron chi connectivity index (χ1n) is 7.22. The third kappa shape index (κ3) is 3.28. The normalized spacial score (nSPS) is 18.6. The Labute approximate surface area is 116 Å². The van der Waals surface area contributed by atoms with Crippen LogP contribution >= 0.6 is 0 Å². The standard InChI is InChI=1S/C16H26N2O/c1-12(2)16(18-9-7-17-8-10-18)14-11-13(3)5-6-15(14)19-4/h5-6,11-12,16-17H,7-10H2,1-4H3. The molecule has 0 aliphatic carbocycles. The van der Waals surface area contributed by atoms with E-state index in [1.807, 2.05) is 0 Å². The quantitative estimate of drug-likeness (QED) is 0.902. The summed E-state index contributed by atoms with van der Waals surface area (Å²) in [6, 6.07) is 6.95. The summed E-state index contributed by atoms with van der Waals surface area (Å²) in [7, 11) is 1.77. The average molecular weight is 262 g/mol. The van der Waals surface area contributed by atoms with Crippen LogP contribution in [0.15, 0.2) is 18.2 Å². The summed E-state index contributed by atoms with van der Waals surface area (Å²) in [6.07, 6.45) is 0. The molecule has 1 unspecified atom stereocenters. The van der Waals surface area contributed by atoms with Gasteiger partial charge in [-0.2, -0.15) is 0 Å². The number of hydrogen-bond donors (Lipinski definition) is 1. The van der Waals surface area contributed by atoms with Crippen LogP contribution in [0.25, 0.3) is 0 Å². The van der Waals surface area contributed by atoms with Gasteiger partial charge in [0.2, 0.25) is 0 Å².